The highest BCUT2D eigenvalue weighted by Crippen LogP contribution is 2.40. The molecular formula is C17H26N2O4S. The van der Waals surface area contributed by atoms with Crippen molar-refractivity contribution in [3.05, 3.63) is 29.3 Å². The van der Waals surface area contributed by atoms with Gasteiger partial charge >= 0.3 is 10.3 Å². The number of ether oxygens (including phenoxy) is 1. The van der Waals surface area contributed by atoms with Crippen molar-refractivity contribution in [2.75, 3.05) is 6.54 Å². The van der Waals surface area contributed by atoms with Crippen LogP contribution >= 0.6 is 0 Å². The number of fused-ring (bicyclic) bond motifs is 1. The first-order valence-corrected chi connectivity index (χ1v) is 9.76. The minimum absolute atomic E-state index is 0.0334. The Kier molecular flexibility index (Phi) is 6.01. The molecule has 1 aliphatic rings. The van der Waals surface area contributed by atoms with E-state index in [1.54, 1.807) is 6.07 Å². The molecule has 2 N–H and O–H groups in total. The van der Waals surface area contributed by atoms with Gasteiger partial charge in [0.15, 0.2) is 5.90 Å². The zero-order valence-corrected chi connectivity index (χ0v) is 15.3. The van der Waals surface area contributed by atoms with Crippen molar-refractivity contribution in [2.45, 2.75) is 58.4 Å². The van der Waals surface area contributed by atoms with Gasteiger partial charge in [-0.1, -0.05) is 32.3 Å². The number of aliphatic imine (C=N–C) groups is 1. The number of hydrogen-bond donors (Lipinski definition) is 2. The monoisotopic (exact) mass is 354 g/mol. The summed E-state index contributed by atoms with van der Waals surface area (Å²) < 4.78 is 38.4. The molecule has 0 spiro atoms. The molecule has 0 amide bonds. The molecule has 134 valence electrons. The molecule has 1 aromatic carbocycles. The highest BCUT2D eigenvalue weighted by atomic mass is 32.2. The summed E-state index contributed by atoms with van der Waals surface area (Å²) in [5.41, 5.74) is 1.38. The van der Waals surface area contributed by atoms with Gasteiger partial charge < -0.3 is 4.74 Å². The Morgan fingerprint density at radius 3 is 2.67 bits per heavy atom. The summed E-state index contributed by atoms with van der Waals surface area (Å²) >= 11 is 0. The van der Waals surface area contributed by atoms with Crippen LogP contribution in [0, 0.1) is 0 Å². The quantitative estimate of drug-likeness (QED) is 0.554. The highest BCUT2D eigenvalue weighted by Gasteiger charge is 2.38. The van der Waals surface area contributed by atoms with Crippen molar-refractivity contribution in [2.24, 2.45) is 4.99 Å². The zero-order chi connectivity index (χ0) is 17.8. The van der Waals surface area contributed by atoms with Crippen LogP contribution in [0.3, 0.4) is 0 Å². The third-order valence-corrected chi connectivity index (χ3v) is 4.69. The van der Waals surface area contributed by atoms with Crippen molar-refractivity contribution < 1.29 is 17.7 Å². The average Bonchev–Trinajstić information content (AvgIpc) is 2.75. The maximum atomic E-state index is 10.8. The third-order valence-electron chi connectivity index (χ3n) is 4.18. The van der Waals surface area contributed by atoms with Crippen LogP contribution in [0.25, 0.3) is 0 Å². The fraction of sp³-hybridized carbons (Fsp3) is 0.588. The van der Waals surface area contributed by atoms with Crippen LogP contribution in [-0.4, -0.2) is 25.4 Å². The van der Waals surface area contributed by atoms with Gasteiger partial charge in [0.1, 0.15) is 5.75 Å². The number of nitrogens with zero attached hydrogens (tertiary/aromatic N) is 1. The topological polar surface area (TPSA) is 88.0 Å². The molecule has 0 saturated carbocycles. The molecule has 0 saturated heterocycles. The van der Waals surface area contributed by atoms with Crippen LogP contribution in [0.2, 0.25) is 0 Å². The van der Waals surface area contributed by atoms with Gasteiger partial charge in [0.25, 0.3) is 0 Å². The number of hydrogen-bond acceptors (Lipinski definition) is 4. The molecule has 0 aromatic heterocycles. The van der Waals surface area contributed by atoms with Crippen molar-refractivity contribution in [1.29, 1.82) is 0 Å². The smallest absolute Gasteiger partial charge is 0.333 e. The Morgan fingerprint density at radius 2 is 2.00 bits per heavy atom. The van der Waals surface area contributed by atoms with E-state index in [1.807, 2.05) is 26.0 Å². The lowest BCUT2D eigenvalue weighted by atomic mass is 9.85. The van der Waals surface area contributed by atoms with E-state index in [9.17, 15) is 8.42 Å². The van der Waals surface area contributed by atoms with Gasteiger partial charge in [0, 0.05) is 18.7 Å². The number of rotatable bonds is 8. The summed E-state index contributed by atoms with van der Waals surface area (Å²) in [5, 5.41) is 0. The first kappa shape index (κ1) is 18.9. The largest absolute Gasteiger partial charge is 0.442 e. The summed E-state index contributed by atoms with van der Waals surface area (Å²) in [5.74, 6) is 1.46. The second kappa shape index (κ2) is 7.63. The summed E-state index contributed by atoms with van der Waals surface area (Å²) in [6, 6.07) is 5.49. The SMILES string of the molecule is CCCCCCN=C1Oc2ccc(CNS(=O)(=O)O)cc2C1(C)C. The van der Waals surface area contributed by atoms with Crippen molar-refractivity contribution in [3.63, 3.8) is 0 Å². The summed E-state index contributed by atoms with van der Waals surface area (Å²) in [6.45, 7) is 7.06. The van der Waals surface area contributed by atoms with E-state index in [2.05, 4.69) is 16.6 Å². The van der Waals surface area contributed by atoms with E-state index in [-0.39, 0.29) is 12.0 Å². The molecule has 0 bridgehead atoms. The predicted molar refractivity (Wildman–Crippen MR) is 94.9 cm³/mol. The Bertz CT molecular complexity index is 711. The third kappa shape index (κ3) is 4.78. The number of unbranched alkanes of at least 4 members (excludes halogenated alkanes) is 3. The fourth-order valence-corrected chi connectivity index (χ4v) is 3.08. The standard InChI is InChI=1S/C17H26N2O4S/c1-4-5-6-7-10-18-16-17(2,3)14-11-13(8-9-15(14)23-16)12-19-24(20,21)22/h8-9,11,19H,4-7,10,12H2,1-3H3,(H,20,21,22). The molecule has 2 rings (SSSR count). The highest BCUT2D eigenvalue weighted by molar-refractivity contribution is 7.83. The molecule has 0 fully saturated rings. The van der Waals surface area contributed by atoms with E-state index >= 15 is 0 Å². The Hall–Kier alpha value is -1.44. The van der Waals surface area contributed by atoms with Gasteiger partial charge in [-0.15, -0.1) is 0 Å². The molecule has 6 nitrogen and oxygen atoms in total. The average molecular weight is 354 g/mol. The molecule has 1 aliphatic heterocycles. The second-order valence-corrected chi connectivity index (χ2v) is 7.84. The summed E-state index contributed by atoms with van der Waals surface area (Å²) in [7, 11) is -4.20. The second-order valence-electron chi connectivity index (χ2n) is 6.60. The molecule has 24 heavy (non-hydrogen) atoms. The Balaban J connectivity index is 2.09. The first-order valence-electron chi connectivity index (χ1n) is 8.32. The summed E-state index contributed by atoms with van der Waals surface area (Å²) in [4.78, 5) is 4.62. The molecule has 0 atom stereocenters. The molecule has 0 unspecified atom stereocenters. The van der Waals surface area contributed by atoms with Crippen LogP contribution in [0.1, 0.15) is 57.6 Å². The molecular weight excluding hydrogens is 328 g/mol. The van der Waals surface area contributed by atoms with Gasteiger partial charge in [0.2, 0.25) is 0 Å². The van der Waals surface area contributed by atoms with Gasteiger partial charge in [0.05, 0.1) is 5.41 Å². The van der Waals surface area contributed by atoms with Gasteiger partial charge in [-0.05, 0) is 38.0 Å². The van der Waals surface area contributed by atoms with Crippen LogP contribution in [0.4, 0.5) is 0 Å². The maximum absolute atomic E-state index is 10.8. The van der Waals surface area contributed by atoms with Crippen molar-refractivity contribution >= 4 is 16.2 Å². The molecule has 7 heteroatoms. The van der Waals surface area contributed by atoms with Gasteiger partial charge in [-0.25, -0.2) is 0 Å². The van der Waals surface area contributed by atoms with Crippen LogP contribution in [0.5, 0.6) is 5.75 Å². The normalized spacial score (nSPS) is 17.8. The Morgan fingerprint density at radius 1 is 1.25 bits per heavy atom. The number of benzene rings is 1. The van der Waals surface area contributed by atoms with Crippen LogP contribution in [-0.2, 0) is 22.3 Å². The molecule has 0 aliphatic carbocycles. The first-order chi connectivity index (χ1) is 11.2. The molecule has 0 radical (unpaired) electrons. The number of nitrogens with one attached hydrogen (secondary N) is 1. The lowest BCUT2D eigenvalue weighted by molar-refractivity contribution is 0.467. The lowest BCUT2D eigenvalue weighted by Gasteiger charge is -2.17. The van der Waals surface area contributed by atoms with Gasteiger partial charge in [-0.2, -0.15) is 13.1 Å². The van der Waals surface area contributed by atoms with Crippen LogP contribution < -0.4 is 9.46 Å². The predicted octanol–water partition coefficient (Wildman–Crippen LogP) is 3.23. The van der Waals surface area contributed by atoms with E-state index in [1.165, 1.54) is 19.3 Å². The van der Waals surface area contributed by atoms with Crippen LogP contribution in [0.15, 0.2) is 23.2 Å². The minimum Gasteiger partial charge on any atom is -0.442 e. The van der Waals surface area contributed by atoms with Crippen molar-refractivity contribution in [1.82, 2.24) is 4.72 Å². The van der Waals surface area contributed by atoms with Gasteiger partial charge in [-0.3, -0.25) is 9.55 Å². The Labute approximate surface area is 144 Å². The zero-order valence-electron chi connectivity index (χ0n) is 14.5. The van der Waals surface area contributed by atoms with E-state index in [0.29, 0.717) is 5.90 Å². The van der Waals surface area contributed by atoms with Crippen molar-refractivity contribution in [3.8, 4) is 5.75 Å². The summed E-state index contributed by atoms with van der Waals surface area (Å²) in [6.07, 6.45) is 4.65. The van der Waals surface area contributed by atoms with E-state index in [4.69, 9.17) is 9.29 Å². The maximum Gasteiger partial charge on any atom is 0.333 e. The fourth-order valence-electron chi connectivity index (χ4n) is 2.74. The lowest BCUT2D eigenvalue weighted by Crippen LogP contribution is -2.27. The van der Waals surface area contributed by atoms with E-state index in [0.717, 1.165) is 29.8 Å². The molecule has 1 aromatic rings. The minimum atomic E-state index is -4.20. The van der Waals surface area contributed by atoms with E-state index < -0.39 is 10.3 Å². The molecule has 1 heterocycles.